The molecule has 0 spiro atoms. The summed E-state index contributed by atoms with van der Waals surface area (Å²) in [6.07, 6.45) is 2.32. The Morgan fingerprint density at radius 1 is 0.905 bits per heavy atom. The van der Waals surface area contributed by atoms with Crippen LogP contribution in [0.15, 0.2) is 67.0 Å². The average molecular weight is 567 g/mol. The molecule has 3 aromatic carbocycles. The monoisotopic (exact) mass is 566 g/mol. The molecule has 12 heteroatoms. The molecule has 6 rings (SSSR count). The average Bonchev–Trinajstić information content (AvgIpc) is 3.50. The molecule has 3 N–H and O–H groups in total. The number of aryl methyl sites for hydroxylation is 3. The molecule has 2 aromatic heterocycles. The molecule has 1 aliphatic carbocycles. The van der Waals surface area contributed by atoms with Crippen LogP contribution in [-0.4, -0.2) is 42.4 Å². The van der Waals surface area contributed by atoms with E-state index in [0.29, 0.717) is 24.2 Å². The number of H-pyrrole nitrogens is 1. The molecule has 0 unspecified atom stereocenters. The Bertz CT molecular complexity index is 1810. The van der Waals surface area contributed by atoms with Crippen molar-refractivity contribution in [3.05, 3.63) is 123 Å². The second kappa shape index (κ2) is 11.2. The van der Waals surface area contributed by atoms with Crippen LogP contribution in [0.4, 0.5) is 8.78 Å². The second-order valence-corrected chi connectivity index (χ2v) is 9.95. The van der Waals surface area contributed by atoms with Gasteiger partial charge in [-0.2, -0.15) is 5.21 Å². The first-order chi connectivity index (χ1) is 20.4. The van der Waals surface area contributed by atoms with E-state index in [9.17, 15) is 18.4 Å². The van der Waals surface area contributed by atoms with E-state index in [0.717, 1.165) is 39.7 Å². The molecule has 5 aromatic rings. The van der Waals surface area contributed by atoms with Crippen LogP contribution >= 0.6 is 0 Å². The number of amides is 2. The molecule has 10 nitrogen and oxygen atoms in total. The van der Waals surface area contributed by atoms with Gasteiger partial charge in [0.15, 0.2) is 0 Å². The topological polar surface area (TPSA) is 138 Å². The van der Waals surface area contributed by atoms with Gasteiger partial charge in [-0.1, -0.05) is 30.3 Å². The Kier molecular flexibility index (Phi) is 7.17. The normalized spacial score (nSPS) is 13.9. The second-order valence-electron chi connectivity index (χ2n) is 9.95. The molecule has 0 radical (unpaired) electrons. The first kappa shape index (κ1) is 26.8. The number of halogens is 2. The molecule has 0 saturated heterocycles. The minimum atomic E-state index is -0.612. The molecule has 42 heavy (non-hydrogen) atoms. The van der Waals surface area contributed by atoms with Gasteiger partial charge in [0.2, 0.25) is 5.82 Å². The summed E-state index contributed by atoms with van der Waals surface area (Å²) in [5.41, 5.74) is 5.26. The van der Waals surface area contributed by atoms with E-state index in [2.05, 4.69) is 41.2 Å². The van der Waals surface area contributed by atoms with E-state index in [-0.39, 0.29) is 29.6 Å². The highest BCUT2D eigenvalue weighted by Gasteiger charge is 2.27. The summed E-state index contributed by atoms with van der Waals surface area (Å²) in [5, 5.41) is 19.9. The van der Waals surface area contributed by atoms with Crippen molar-refractivity contribution in [2.75, 3.05) is 0 Å². The number of benzene rings is 3. The van der Waals surface area contributed by atoms with Gasteiger partial charge in [-0.25, -0.2) is 18.7 Å². The van der Waals surface area contributed by atoms with E-state index in [1.807, 2.05) is 18.2 Å². The van der Waals surface area contributed by atoms with Crippen LogP contribution in [0.2, 0.25) is 0 Å². The minimum absolute atomic E-state index is 0.00229. The Balaban J connectivity index is 1.26. The van der Waals surface area contributed by atoms with Crippen molar-refractivity contribution in [3.8, 4) is 11.4 Å². The first-order valence-corrected chi connectivity index (χ1v) is 13.2. The number of fused-ring (bicyclic) bond motifs is 2. The van der Waals surface area contributed by atoms with Gasteiger partial charge in [0, 0.05) is 18.2 Å². The number of hydrogen-bond donors (Lipinski definition) is 3. The zero-order valence-electron chi connectivity index (χ0n) is 22.4. The summed E-state index contributed by atoms with van der Waals surface area (Å²) < 4.78 is 27.8. The highest BCUT2D eigenvalue weighted by molar-refractivity contribution is 5.97. The van der Waals surface area contributed by atoms with Crippen LogP contribution < -0.4 is 10.6 Å². The van der Waals surface area contributed by atoms with E-state index < -0.39 is 17.9 Å². The maximum Gasteiger partial charge on any atom is 0.270 e. The fourth-order valence-electron chi connectivity index (χ4n) is 5.09. The number of carbonyl (C=O) groups is 2. The fourth-order valence-corrected chi connectivity index (χ4v) is 5.09. The largest absolute Gasteiger partial charge is 0.347 e. The zero-order valence-corrected chi connectivity index (χ0v) is 22.4. The third kappa shape index (κ3) is 5.46. The number of aromatic amines is 1. The molecule has 0 saturated carbocycles. The van der Waals surface area contributed by atoms with Crippen molar-refractivity contribution in [1.29, 1.82) is 0 Å². The third-order valence-corrected chi connectivity index (χ3v) is 7.22. The number of nitrogens with zero attached hydrogens (tertiary/aromatic N) is 5. The van der Waals surface area contributed by atoms with Crippen LogP contribution in [0.25, 0.3) is 11.4 Å². The summed E-state index contributed by atoms with van der Waals surface area (Å²) in [6.45, 7) is 1.80. The van der Waals surface area contributed by atoms with Gasteiger partial charge in [-0.05, 0) is 82.6 Å². The SMILES string of the molecule is Cc1cc(CNC(=O)c2cc(C(=O)N[C@@H]3c4ccc(F)cc4CCc4cc(-c5nn[nH]n5)ccc43)ncn2)ccc1F. The number of nitrogens with one attached hydrogen (secondary N) is 3. The summed E-state index contributed by atoms with van der Waals surface area (Å²) in [6, 6.07) is 15.5. The number of rotatable bonds is 6. The summed E-state index contributed by atoms with van der Waals surface area (Å²) in [7, 11) is 0. The van der Waals surface area contributed by atoms with Crippen LogP contribution in [0.5, 0.6) is 0 Å². The Hall–Kier alpha value is -5.39. The third-order valence-electron chi connectivity index (χ3n) is 7.22. The number of tetrazole rings is 1. The first-order valence-electron chi connectivity index (χ1n) is 13.2. The van der Waals surface area contributed by atoms with Crippen LogP contribution in [0.3, 0.4) is 0 Å². The molecule has 210 valence electrons. The summed E-state index contributed by atoms with van der Waals surface area (Å²) in [5.74, 6) is -1.29. The Morgan fingerprint density at radius 3 is 2.38 bits per heavy atom. The summed E-state index contributed by atoms with van der Waals surface area (Å²) in [4.78, 5) is 34.4. The van der Waals surface area contributed by atoms with Gasteiger partial charge in [0.1, 0.15) is 29.3 Å². The number of hydrogen-bond acceptors (Lipinski definition) is 7. The quantitative estimate of drug-likeness (QED) is 0.284. The molecule has 0 fully saturated rings. The standard InChI is InChI=1S/C30H24F2N8O2/c1-16-10-17(2-9-24(16)32)14-33-29(41)25-13-26(35-15-34-25)30(42)36-27-22-7-5-20(28-37-39-40-38-28)11-18(22)3-4-19-12-21(31)6-8-23(19)27/h2,5-13,15,27H,3-4,14H2,1H3,(H,33,41)(H,36,42)(H,37,38,39,40)/t27-/m0/s1. The summed E-state index contributed by atoms with van der Waals surface area (Å²) >= 11 is 0. The molecule has 2 amide bonds. The molecule has 1 atom stereocenters. The molecule has 0 aliphatic heterocycles. The molecule has 1 aliphatic rings. The van der Waals surface area contributed by atoms with Crippen molar-refractivity contribution >= 4 is 11.8 Å². The van der Waals surface area contributed by atoms with Crippen molar-refractivity contribution in [2.24, 2.45) is 0 Å². The lowest BCUT2D eigenvalue weighted by Gasteiger charge is -2.22. The van der Waals surface area contributed by atoms with Crippen LogP contribution in [0, 0.1) is 18.6 Å². The smallest absolute Gasteiger partial charge is 0.270 e. The van der Waals surface area contributed by atoms with Gasteiger partial charge in [-0.15, -0.1) is 10.2 Å². The Morgan fingerprint density at radius 2 is 1.64 bits per heavy atom. The van der Waals surface area contributed by atoms with Gasteiger partial charge in [-0.3, -0.25) is 9.59 Å². The van der Waals surface area contributed by atoms with Gasteiger partial charge in [0.25, 0.3) is 11.8 Å². The molecular formula is C30H24F2N8O2. The number of carbonyl (C=O) groups excluding carboxylic acids is 2. The highest BCUT2D eigenvalue weighted by atomic mass is 19.1. The van der Waals surface area contributed by atoms with E-state index in [4.69, 9.17) is 0 Å². The molecule has 0 bridgehead atoms. The van der Waals surface area contributed by atoms with Crippen molar-refractivity contribution in [1.82, 2.24) is 41.2 Å². The lowest BCUT2D eigenvalue weighted by atomic mass is 9.93. The predicted octanol–water partition coefficient (Wildman–Crippen LogP) is 3.79. The highest BCUT2D eigenvalue weighted by Crippen LogP contribution is 2.35. The van der Waals surface area contributed by atoms with Crippen LogP contribution in [-0.2, 0) is 19.4 Å². The zero-order chi connectivity index (χ0) is 29.2. The van der Waals surface area contributed by atoms with Crippen molar-refractivity contribution < 1.29 is 18.4 Å². The van der Waals surface area contributed by atoms with E-state index in [1.54, 1.807) is 25.1 Å². The minimum Gasteiger partial charge on any atom is -0.347 e. The molecule has 2 heterocycles. The maximum atomic E-state index is 14.2. The van der Waals surface area contributed by atoms with Crippen molar-refractivity contribution in [3.63, 3.8) is 0 Å². The lowest BCUT2D eigenvalue weighted by molar-refractivity contribution is 0.0937. The Labute approximate surface area is 238 Å². The van der Waals surface area contributed by atoms with Crippen LogP contribution in [0.1, 0.15) is 60.4 Å². The van der Waals surface area contributed by atoms with Crippen molar-refractivity contribution in [2.45, 2.75) is 32.4 Å². The van der Waals surface area contributed by atoms with E-state index >= 15 is 0 Å². The van der Waals surface area contributed by atoms with Gasteiger partial charge in [0.05, 0.1) is 6.04 Å². The fraction of sp³-hybridized carbons (Fsp3) is 0.167. The molecular weight excluding hydrogens is 542 g/mol. The van der Waals surface area contributed by atoms with E-state index in [1.165, 1.54) is 24.3 Å². The predicted molar refractivity (Wildman–Crippen MR) is 147 cm³/mol. The number of aromatic nitrogens is 6. The van der Waals surface area contributed by atoms with Gasteiger partial charge >= 0.3 is 0 Å². The maximum absolute atomic E-state index is 14.2. The lowest BCUT2D eigenvalue weighted by Crippen LogP contribution is -2.31. The van der Waals surface area contributed by atoms with Gasteiger partial charge < -0.3 is 10.6 Å².